The third kappa shape index (κ3) is 1.33. The van der Waals surface area contributed by atoms with Gasteiger partial charge < -0.3 is 4.74 Å². The van der Waals surface area contributed by atoms with Crippen molar-refractivity contribution < 1.29 is 4.74 Å². The molecule has 0 radical (unpaired) electrons. The Kier molecular flexibility index (Phi) is 2.25. The van der Waals surface area contributed by atoms with E-state index in [-0.39, 0.29) is 0 Å². The average molecular weight is 314 g/mol. The topological polar surface area (TPSA) is 9.23 Å². The van der Waals surface area contributed by atoms with Gasteiger partial charge in [-0.1, -0.05) is 6.07 Å². The minimum atomic E-state index is 0.841. The molecule has 0 saturated heterocycles. The molecule has 1 aromatic carbocycles. The van der Waals surface area contributed by atoms with Crippen molar-refractivity contribution >= 4 is 34.4 Å². The van der Waals surface area contributed by atoms with Crippen molar-refractivity contribution in [3.8, 4) is 5.75 Å². The van der Waals surface area contributed by atoms with Crippen LogP contribution in [0.25, 0.3) is 6.08 Å². The molecule has 2 heterocycles. The molecule has 0 aliphatic carbocycles. The molecule has 3 heteroatoms. The lowest BCUT2D eigenvalue weighted by atomic mass is 10.0. The van der Waals surface area contributed by atoms with Crippen LogP contribution in [0, 0.1) is 0 Å². The number of hydrogen-bond acceptors (Lipinski definition) is 1. The van der Waals surface area contributed by atoms with Crippen LogP contribution in [-0.2, 0) is 0 Å². The van der Waals surface area contributed by atoms with Crippen molar-refractivity contribution in [2.45, 2.75) is 0 Å². The molecule has 0 fully saturated rings. The molecule has 2 aliphatic heterocycles. The van der Waals surface area contributed by atoms with Gasteiger partial charge in [0.15, 0.2) is 11.4 Å². The van der Waals surface area contributed by atoms with Crippen molar-refractivity contribution in [1.82, 2.24) is 4.48 Å². The lowest BCUT2D eigenvalue weighted by molar-refractivity contribution is 0.207. The fourth-order valence-electron chi connectivity index (χ4n) is 2.47. The highest BCUT2D eigenvalue weighted by Gasteiger charge is 2.38. The van der Waals surface area contributed by atoms with E-state index in [1.54, 1.807) is 0 Å². The van der Waals surface area contributed by atoms with E-state index < -0.39 is 0 Å². The van der Waals surface area contributed by atoms with Crippen molar-refractivity contribution in [1.29, 1.82) is 0 Å². The predicted octanol–water partition coefficient (Wildman–Crippen LogP) is 2.81. The van der Waals surface area contributed by atoms with Crippen molar-refractivity contribution in [3.05, 3.63) is 29.8 Å². The molecule has 2 nitrogen and oxygen atoms in total. The molecular weight excluding hydrogens is 301 g/mol. The van der Waals surface area contributed by atoms with Gasteiger partial charge >= 0.3 is 0 Å². The Morgan fingerprint density at radius 2 is 2.33 bits per heavy atom. The number of ether oxygens (including phenoxy) is 1. The molecule has 0 saturated carbocycles. The Morgan fingerprint density at radius 3 is 3.20 bits per heavy atom. The second-order valence-corrected chi connectivity index (χ2v) is 4.80. The number of benzene rings is 1. The summed E-state index contributed by atoms with van der Waals surface area (Å²) in [5.41, 5.74) is 2.72. The Bertz CT molecular complexity index is 430. The Hall–Kier alpha value is -0.550. The fraction of sp³-hybridized carbons (Fsp3) is 0.333. The number of rotatable bonds is 1. The van der Waals surface area contributed by atoms with E-state index >= 15 is 0 Å². The number of quaternary nitrogens is 1. The molecule has 1 aromatic rings. The molecule has 1 atom stereocenters. The molecule has 78 valence electrons. The van der Waals surface area contributed by atoms with Gasteiger partial charge in [-0.25, -0.2) is 0 Å². The highest BCUT2D eigenvalue weighted by molar-refractivity contribution is 14.1. The summed E-state index contributed by atoms with van der Waals surface area (Å²) in [7, 11) is 0. The number of nitrogens with zero attached hydrogens (tertiary/aromatic N) is 1. The van der Waals surface area contributed by atoms with Gasteiger partial charge in [0.05, 0.1) is 0 Å². The van der Waals surface area contributed by atoms with E-state index in [2.05, 4.69) is 52.9 Å². The normalized spacial score (nSPS) is 27.0. The number of para-hydroxylation sites is 1. The quantitative estimate of drug-likeness (QED) is 0.335. The summed E-state index contributed by atoms with van der Waals surface area (Å²) >= 11 is 2.49. The van der Waals surface area contributed by atoms with Crippen LogP contribution in [0.2, 0.25) is 0 Å². The van der Waals surface area contributed by atoms with Gasteiger partial charge in [-0.2, -0.15) is 0 Å². The van der Waals surface area contributed by atoms with Crippen molar-refractivity contribution in [3.63, 3.8) is 0 Å². The standard InChI is InChI=1S/C12H13INO/c13-9-14-6-2-4-10-3-1-5-11(12(10)14)15-8-7-14/h1-5H,6-9H2/q+1. The van der Waals surface area contributed by atoms with E-state index in [0.29, 0.717) is 0 Å². The highest BCUT2D eigenvalue weighted by atomic mass is 127. The second kappa shape index (κ2) is 3.49. The molecule has 0 N–H and O–H groups in total. The van der Waals surface area contributed by atoms with Gasteiger partial charge in [-0.3, -0.25) is 4.48 Å². The Morgan fingerprint density at radius 1 is 1.40 bits per heavy atom. The second-order valence-electron chi connectivity index (χ2n) is 4.12. The molecule has 0 spiro atoms. The molecule has 2 aliphatic rings. The molecule has 3 rings (SSSR count). The Balaban J connectivity index is 2.27. The first-order valence-electron chi connectivity index (χ1n) is 5.21. The summed E-state index contributed by atoms with van der Waals surface area (Å²) in [4.78, 5) is 0. The minimum Gasteiger partial charge on any atom is -0.481 e. The highest BCUT2D eigenvalue weighted by Crippen LogP contribution is 2.43. The molecule has 0 bridgehead atoms. The average Bonchev–Trinajstić information content (AvgIpc) is 2.30. The van der Waals surface area contributed by atoms with Gasteiger partial charge in [-0.15, -0.1) is 0 Å². The van der Waals surface area contributed by atoms with Gasteiger partial charge in [0.25, 0.3) is 0 Å². The molecular formula is C12H13INO+. The summed E-state index contributed by atoms with van der Waals surface area (Å²) < 4.78 is 7.92. The van der Waals surface area contributed by atoms with Crippen LogP contribution in [0.15, 0.2) is 24.3 Å². The van der Waals surface area contributed by atoms with Crippen LogP contribution < -0.4 is 9.22 Å². The summed E-state index contributed by atoms with van der Waals surface area (Å²) in [6.07, 6.45) is 4.51. The van der Waals surface area contributed by atoms with Crippen molar-refractivity contribution in [2.75, 3.05) is 24.2 Å². The van der Waals surface area contributed by atoms with Crippen LogP contribution in [0.4, 0.5) is 5.69 Å². The SMILES string of the molecule is IC[N+]12CC=Cc3cccc(c31)OCC2. The first kappa shape index (κ1) is 9.66. The lowest BCUT2D eigenvalue weighted by Gasteiger charge is -2.41. The Labute approximate surface area is 103 Å². The predicted molar refractivity (Wildman–Crippen MR) is 71.4 cm³/mol. The number of halogens is 1. The van der Waals surface area contributed by atoms with E-state index in [9.17, 15) is 0 Å². The third-order valence-electron chi connectivity index (χ3n) is 3.26. The maximum absolute atomic E-state index is 5.74. The zero-order valence-corrected chi connectivity index (χ0v) is 10.6. The third-order valence-corrected chi connectivity index (χ3v) is 4.57. The zero-order chi connectivity index (χ0) is 10.3. The van der Waals surface area contributed by atoms with Gasteiger partial charge in [-0.05, 0) is 46.9 Å². The molecule has 1 unspecified atom stereocenters. The van der Waals surface area contributed by atoms with Crippen LogP contribution >= 0.6 is 22.6 Å². The van der Waals surface area contributed by atoms with Gasteiger partial charge in [0.1, 0.15) is 24.2 Å². The largest absolute Gasteiger partial charge is 0.481 e. The summed E-state index contributed by atoms with van der Waals surface area (Å²) in [5.74, 6) is 1.08. The summed E-state index contributed by atoms with van der Waals surface area (Å²) in [6.45, 7) is 3.04. The molecule has 0 aromatic heterocycles. The maximum Gasteiger partial charge on any atom is 0.183 e. The van der Waals surface area contributed by atoms with E-state index in [0.717, 1.165) is 34.5 Å². The fourth-order valence-corrected chi connectivity index (χ4v) is 3.43. The molecule has 0 amide bonds. The van der Waals surface area contributed by atoms with Crippen LogP contribution in [0.5, 0.6) is 5.75 Å². The van der Waals surface area contributed by atoms with E-state index in [1.165, 1.54) is 11.3 Å². The van der Waals surface area contributed by atoms with Crippen molar-refractivity contribution in [2.24, 2.45) is 0 Å². The number of hydrogen-bond donors (Lipinski definition) is 0. The smallest absolute Gasteiger partial charge is 0.183 e. The van der Waals surface area contributed by atoms with Crippen LogP contribution in [-0.4, -0.2) is 24.2 Å². The number of alkyl halides is 1. The maximum atomic E-state index is 5.74. The first-order chi connectivity index (χ1) is 7.36. The van der Waals surface area contributed by atoms with Gasteiger partial charge in [0.2, 0.25) is 0 Å². The van der Waals surface area contributed by atoms with E-state index in [1.807, 2.05) is 0 Å². The van der Waals surface area contributed by atoms with Gasteiger partial charge in [0, 0.05) is 5.56 Å². The molecule has 15 heavy (non-hydrogen) atoms. The van der Waals surface area contributed by atoms with Crippen LogP contribution in [0.1, 0.15) is 5.56 Å². The first-order valence-corrected chi connectivity index (χ1v) is 6.73. The monoisotopic (exact) mass is 314 g/mol. The summed E-state index contributed by atoms with van der Waals surface area (Å²) in [6, 6.07) is 6.36. The zero-order valence-electron chi connectivity index (χ0n) is 8.45. The van der Waals surface area contributed by atoms with E-state index in [4.69, 9.17) is 4.74 Å². The summed E-state index contributed by atoms with van der Waals surface area (Å²) in [5, 5.41) is 0. The minimum absolute atomic E-state index is 0.841. The lowest BCUT2D eigenvalue weighted by Crippen LogP contribution is -2.54. The van der Waals surface area contributed by atoms with Crippen LogP contribution in [0.3, 0.4) is 0 Å².